The van der Waals surface area contributed by atoms with Gasteiger partial charge >= 0.3 is 5.97 Å². The van der Waals surface area contributed by atoms with Crippen LogP contribution in [0, 0.1) is 0 Å². The van der Waals surface area contributed by atoms with Gasteiger partial charge in [-0.3, -0.25) is 0 Å². The minimum Gasteiger partial charge on any atom is -0.465 e. The van der Waals surface area contributed by atoms with Crippen molar-refractivity contribution in [3.05, 3.63) is 23.8 Å². The van der Waals surface area contributed by atoms with Crippen LogP contribution in [0.4, 0.5) is 0 Å². The predicted molar refractivity (Wildman–Crippen MR) is 59.3 cm³/mol. The fourth-order valence-electron chi connectivity index (χ4n) is 1.07. The Hall–Kier alpha value is -0.220. The summed E-state index contributed by atoms with van der Waals surface area (Å²) in [5, 5.41) is 0. The van der Waals surface area contributed by atoms with Gasteiger partial charge in [-0.15, -0.1) is 0 Å². The SMILES string of the molecule is COC(=O)C1=CC(C)(S)C(Br)C=C1. The number of hydrogen-bond donors (Lipinski definition) is 1. The number of allylic oxidation sites excluding steroid dienone is 1. The Kier molecular flexibility index (Phi) is 3.24. The van der Waals surface area contributed by atoms with Crippen LogP contribution >= 0.6 is 28.6 Å². The molecule has 0 radical (unpaired) electrons. The van der Waals surface area contributed by atoms with Gasteiger partial charge in [0, 0.05) is 4.75 Å². The first-order valence-corrected chi connectivity index (χ1v) is 5.19. The molecule has 2 atom stereocenters. The van der Waals surface area contributed by atoms with Crippen LogP contribution in [-0.4, -0.2) is 22.7 Å². The Labute approximate surface area is 91.6 Å². The van der Waals surface area contributed by atoms with E-state index in [-0.39, 0.29) is 15.5 Å². The minimum absolute atomic E-state index is 0.136. The summed E-state index contributed by atoms with van der Waals surface area (Å²) in [6, 6.07) is 0. The normalized spacial score (nSPS) is 32.6. The molecule has 0 N–H and O–H groups in total. The number of hydrogen-bond acceptors (Lipinski definition) is 3. The Balaban J connectivity index is 2.92. The number of thiol groups is 1. The molecule has 0 fully saturated rings. The molecule has 13 heavy (non-hydrogen) atoms. The van der Waals surface area contributed by atoms with E-state index in [9.17, 15) is 4.79 Å². The standard InChI is InChI=1S/C9H11BrO2S/c1-9(13)5-6(8(11)12-2)3-4-7(9)10/h3-5,7,13H,1-2H3. The molecule has 0 bridgehead atoms. The van der Waals surface area contributed by atoms with Crippen LogP contribution in [0.15, 0.2) is 23.8 Å². The molecule has 1 aliphatic carbocycles. The maximum absolute atomic E-state index is 11.2. The number of carbonyl (C=O) groups is 1. The highest BCUT2D eigenvalue weighted by atomic mass is 79.9. The Bertz CT molecular complexity index is 281. The number of carbonyl (C=O) groups excluding carboxylic acids is 1. The van der Waals surface area contributed by atoms with Crippen molar-refractivity contribution in [1.29, 1.82) is 0 Å². The Morgan fingerprint density at radius 3 is 2.85 bits per heavy atom. The maximum Gasteiger partial charge on any atom is 0.337 e. The summed E-state index contributed by atoms with van der Waals surface area (Å²) in [6.45, 7) is 1.93. The van der Waals surface area contributed by atoms with Crippen LogP contribution in [0.1, 0.15) is 6.92 Å². The number of halogens is 1. The Morgan fingerprint density at radius 2 is 2.38 bits per heavy atom. The van der Waals surface area contributed by atoms with Crippen molar-refractivity contribution in [2.24, 2.45) is 0 Å². The molecule has 0 saturated heterocycles. The lowest BCUT2D eigenvalue weighted by molar-refractivity contribution is -0.135. The van der Waals surface area contributed by atoms with Crippen LogP contribution in [0.25, 0.3) is 0 Å². The fourth-order valence-corrected chi connectivity index (χ4v) is 1.58. The highest BCUT2D eigenvalue weighted by molar-refractivity contribution is 9.09. The van der Waals surface area contributed by atoms with Gasteiger partial charge in [0.05, 0.1) is 17.5 Å². The van der Waals surface area contributed by atoms with Crippen molar-refractivity contribution in [3.63, 3.8) is 0 Å². The van der Waals surface area contributed by atoms with Gasteiger partial charge in [-0.05, 0) is 6.92 Å². The zero-order valence-corrected chi connectivity index (χ0v) is 9.93. The van der Waals surface area contributed by atoms with Gasteiger partial charge < -0.3 is 4.74 Å². The lowest BCUT2D eigenvalue weighted by Crippen LogP contribution is -2.29. The van der Waals surface area contributed by atoms with Crippen LogP contribution in [0.2, 0.25) is 0 Å². The minimum atomic E-state index is -0.349. The number of methoxy groups -OCH3 is 1. The molecule has 0 aromatic carbocycles. The molecule has 72 valence electrons. The Morgan fingerprint density at radius 1 is 1.77 bits per heavy atom. The molecule has 2 nitrogen and oxygen atoms in total. The molecule has 0 aromatic rings. The molecule has 2 unspecified atom stereocenters. The smallest absolute Gasteiger partial charge is 0.337 e. The third-order valence-electron chi connectivity index (χ3n) is 1.87. The second kappa shape index (κ2) is 3.88. The second-order valence-corrected chi connectivity index (χ2v) is 5.03. The third kappa shape index (κ3) is 2.38. The van der Waals surface area contributed by atoms with E-state index in [1.165, 1.54) is 7.11 Å². The molecule has 1 rings (SSSR count). The monoisotopic (exact) mass is 262 g/mol. The van der Waals surface area contributed by atoms with E-state index in [0.29, 0.717) is 5.57 Å². The average Bonchev–Trinajstić information content (AvgIpc) is 2.08. The average molecular weight is 263 g/mol. The molecule has 0 spiro atoms. The van der Waals surface area contributed by atoms with Gasteiger partial charge in [-0.2, -0.15) is 12.6 Å². The molecule has 0 heterocycles. The summed E-state index contributed by atoms with van der Waals surface area (Å²) in [5.41, 5.74) is 0.552. The van der Waals surface area contributed by atoms with Gasteiger partial charge in [0.25, 0.3) is 0 Å². The number of ether oxygens (including phenoxy) is 1. The van der Waals surface area contributed by atoms with E-state index in [4.69, 9.17) is 0 Å². The second-order valence-electron chi connectivity index (χ2n) is 3.08. The largest absolute Gasteiger partial charge is 0.465 e. The van der Waals surface area contributed by atoms with E-state index in [1.54, 1.807) is 12.2 Å². The number of alkyl halides is 1. The highest BCUT2D eigenvalue weighted by Crippen LogP contribution is 2.32. The first kappa shape index (κ1) is 10.9. The number of esters is 1. The number of rotatable bonds is 1. The van der Waals surface area contributed by atoms with Gasteiger partial charge in [0.2, 0.25) is 0 Å². The molecule has 0 amide bonds. The van der Waals surface area contributed by atoms with Gasteiger partial charge in [-0.25, -0.2) is 4.79 Å². The van der Waals surface area contributed by atoms with Gasteiger partial charge in [0.1, 0.15) is 0 Å². The maximum atomic E-state index is 11.2. The van der Waals surface area contributed by atoms with Crippen molar-refractivity contribution >= 4 is 34.5 Å². The van der Waals surface area contributed by atoms with Crippen molar-refractivity contribution in [1.82, 2.24) is 0 Å². The molecule has 0 aliphatic heterocycles. The highest BCUT2D eigenvalue weighted by Gasteiger charge is 2.29. The lowest BCUT2D eigenvalue weighted by atomic mass is 9.97. The zero-order chi connectivity index (χ0) is 10.1. The summed E-state index contributed by atoms with van der Waals surface area (Å²) in [5.74, 6) is -0.323. The van der Waals surface area contributed by atoms with E-state index in [1.807, 2.05) is 13.0 Å². The zero-order valence-electron chi connectivity index (χ0n) is 7.45. The lowest BCUT2D eigenvalue weighted by Gasteiger charge is -2.27. The predicted octanol–water partition coefficient (Wildman–Crippen LogP) is 2.11. The fraction of sp³-hybridized carbons (Fsp3) is 0.444. The van der Waals surface area contributed by atoms with E-state index in [0.717, 1.165) is 0 Å². The first-order valence-electron chi connectivity index (χ1n) is 3.83. The van der Waals surface area contributed by atoms with E-state index >= 15 is 0 Å². The summed E-state index contributed by atoms with van der Waals surface area (Å²) in [4.78, 5) is 11.3. The van der Waals surface area contributed by atoms with Crippen molar-refractivity contribution in [3.8, 4) is 0 Å². The molecule has 0 saturated carbocycles. The van der Waals surface area contributed by atoms with Crippen molar-refractivity contribution in [2.75, 3.05) is 7.11 Å². The van der Waals surface area contributed by atoms with Crippen LogP contribution < -0.4 is 0 Å². The molecular formula is C9H11BrO2S. The van der Waals surface area contributed by atoms with Crippen LogP contribution in [0.5, 0.6) is 0 Å². The summed E-state index contributed by atoms with van der Waals surface area (Å²) in [6.07, 6.45) is 5.42. The van der Waals surface area contributed by atoms with Crippen LogP contribution in [-0.2, 0) is 9.53 Å². The third-order valence-corrected chi connectivity index (χ3v) is 3.89. The summed E-state index contributed by atoms with van der Waals surface area (Å²) >= 11 is 7.87. The van der Waals surface area contributed by atoms with Crippen LogP contribution in [0.3, 0.4) is 0 Å². The first-order chi connectivity index (χ1) is 5.97. The van der Waals surface area contributed by atoms with E-state index in [2.05, 4.69) is 33.3 Å². The summed E-state index contributed by atoms with van der Waals surface area (Å²) < 4.78 is 4.26. The quantitative estimate of drug-likeness (QED) is 0.445. The molecular weight excluding hydrogens is 252 g/mol. The molecule has 4 heteroatoms. The van der Waals surface area contributed by atoms with Crippen molar-refractivity contribution in [2.45, 2.75) is 16.5 Å². The van der Waals surface area contributed by atoms with E-state index < -0.39 is 0 Å². The molecule has 0 aromatic heterocycles. The summed E-state index contributed by atoms with van der Waals surface area (Å²) in [7, 11) is 1.37. The van der Waals surface area contributed by atoms with Gasteiger partial charge in [0.15, 0.2) is 0 Å². The van der Waals surface area contributed by atoms with Crippen molar-refractivity contribution < 1.29 is 9.53 Å². The molecule has 1 aliphatic rings. The van der Waals surface area contributed by atoms with Gasteiger partial charge in [-0.1, -0.05) is 34.2 Å². The topological polar surface area (TPSA) is 26.3 Å².